The number of nitrogens with one attached hydrogen (secondary N) is 1. The summed E-state index contributed by atoms with van der Waals surface area (Å²) in [7, 11) is 1.53. The molecule has 4 aromatic carbocycles. The van der Waals surface area contributed by atoms with Crippen LogP contribution in [0.15, 0.2) is 90.0 Å². The predicted octanol–water partition coefficient (Wildman–Crippen LogP) is 4.89. The normalized spacial score (nSPS) is 10.9. The fraction of sp³-hybridized carbons (Fsp3) is 0.0741. The Morgan fingerprint density at radius 2 is 1.62 bits per heavy atom. The first-order valence-electron chi connectivity index (χ1n) is 10.5. The van der Waals surface area contributed by atoms with E-state index >= 15 is 0 Å². The van der Waals surface area contributed by atoms with Gasteiger partial charge in [0.1, 0.15) is 18.1 Å². The van der Waals surface area contributed by atoms with Gasteiger partial charge in [-0.1, -0.05) is 36.4 Å². The van der Waals surface area contributed by atoms with Crippen LogP contribution in [-0.4, -0.2) is 30.3 Å². The van der Waals surface area contributed by atoms with Gasteiger partial charge in [0, 0.05) is 0 Å². The molecule has 0 fully saturated rings. The van der Waals surface area contributed by atoms with E-state index in [1.54, 1.807) is 48.7 Å². The third-order valence-electron chi connectivity index (χ3n) is 5.18. The van der Waals surface area contributed by atoms with Crippen molar-refractivity contribution in [1.82, 2.24) is 5.43 Å². The highest BCUT2D eigenvalue weighted by molar-refractivity contribution is 6.02. The van der Waals surface area contributed by atoms with Gasteiger partial charge >= 0.3 is 5.97 Å². The molecule has 4 rings (SSSR count). The van der Waals surface area contributed by atoms with Gasteiger partial charge < -0.3 is 14.6 Å². The molecule has 0 atom stereocenters. The highest BCUT2D eigenvalue weighted by atomic mass is 16.5. The number of carbonyl (C=O) groups excluding carboxylic acids is 1. The molecule has 34 heavy (non-hydrogen) atoms. The van der Waals surface area contributed by atoms with Crippen LogP contribution < -0.4 is 14.9 Å². The van der Waals surface area contributed by atoms with Gasteiger partial charge in [-0.15, -0.1) is 0 Å². The maximum absolute atomic E-state index is 12.6. The zero-order valence-corrected chi connectivity index (χ0v) is 18.4. The Morgan fingerprint density at radius 3 is 2.26 bits per heavy atom. The zero-order valence-electron chi connectivity index (χ0n) is 18.4. The number of methoxy groups -OCH3 is 1. The van der Waals surface area contributed by atoms with E-state index in [-0.39, 0.29) is 11.5 Å². The standard InChI is InChI=1S/C27H22N2O5/c1-33-25-15-22-5-3-2-4-21(22)14-24(25)26(30)29-28-16-18-8-12-23(13-9-18)34-17-19-6-10-20(11-7-19)27(31)32/h2-16H,17H2,1H3,(H,29,30)(H,31,32). The molecular weight excluding hydrogens is 432 g/mol. The summed E-state index contributed by atoms with van der Waals surface area (Å²) < 4.78 is 11.1. The van der Waals surface area contributed by atoms with Gasteiger partial charge in [0.25, 0.3) is 5.91 Å². The number of hydrazone groups is 1. The van der Waals surface area contributed by atoms with Crippen LogP contribution in [0.5, 0.6) is 11.5 Å². The van der Waals surface area contributed by atoms with Crippen molar-refractivity contribution < 1.29 is 24.2 Å². The molecule has 0 spiro atoms. The molecule has 0 aliphatic heterocycles. The Hall–Kier alpha value is -4.65. The molecule has 0 saturated carbocycles. The smallest absolute Gasteiger partial charge is 0.335 e. The number of carboxylic acids is 1. The molecule has 2 N–H and O–H groups in total. The second kappa shape index (κ2) is 10.3. The van der Waals surface area contributed by atoms with Crippen molar-refractivity contribution in [1.29, 1.82) is 0 Å². The SMILES string of the molecule is COc1cc2ccccc2cc1C(=O)NN=Cc1ccc(OCc2ccc(C(=O)O)cc2)cc1. The van der Waals surface area contributed by atoms with E-state index in [0.717, 1.165) is 21.9 Å². The van der Waals surface area contributed by atoms with E-state index in [0.29, 0.717) is 23.7 Å². The quantitative estimate of drug-likeness (QED) is 0.292. The monoisotopic (exact) mass is 454 g/mol. The second-order valence-corrected chi connectivity index (χ2v) is 7.46. The van der Waals surface area contributed by atoms with Crippen LogP contribution in [0.25, 0.3) is 10.8 Å². The molecule has 0 aromatic heterocycles. The Labute approximate surface area is 196 Å². The van der Waals surface area contributed by atoms with Crippen LogP contribution in [0.3, 0.4) is 0 Å². The lowest BCUT2D eigenvalue weighted by Gasteiger charge is -2.09. The maximum atomic E-state index is 12.6. The van der Waals surface area contributed by atoms with E-state index in [1.807, 2.05) is 42.5 Å². The van der Waals surface area contributed by atoms with Crippen molar-refractivity contribution in [2.75, 3.05) is 7.11 Å². The van der Waals surface area contributed by atoms with Crippen molar-refractivity contribution in [3.63, 3.8) is 0 Å². The first-order valence-corrected chi connectivity index (χ1v) is 10.5. The topological polar surface area (TPSA) is 97.2 Å². The molecule has 7 heteroatoms. The van der Waals surface area contributed by atoms with Crippen LogP contribution in [0, 0.1) is 0 Å². The number of amides is 1. The number of ether oxygens (including phenoxy) is 2. The van der Waals surface area contributed by atoms with Crippen molar-refractivity contribution in [3.05, 3.63) is 107 Å². The first kappa shape index (κ1) is 22.5. The van der Waals surface area contributed by atoms with Gasteiger partial charge in [-0.2, -0.15) is 5.10 Å². The highest BCUT2D eigenvalue weighted by Crippen LogP contribution is 2.26. The van der Waals surface area contributed by atoms with Crippen molar-refractivity contribution >= 4 is 28.9 Å². The molecule has 4 aromatic rings. The van der Waals surface area contributed by atoms with E-state index in [9.17, 15) is 9.59 Å². The van der Waals surface area contributed by atoms with E-state index in [4.69, 9.17) is 14.6 Å². The van der Waals surface area contributed by atoms with Crippen molar-refractivity contribution in [3.8, 4) is 11.5 Å². The minimum absolute atomic E-state index is 0.235. The Bertz CT molecular complexity index is 1350. The molecule has 0 unspecified atom stereocenters. The highest BCUT2D eigenvalue weighted by Gasteiger charge is 2.13. The van der Waals surface area contributed by atoms with Gasteiger partial charge in [0.05, 0.1) is 24.5 Å². The largest absolute Gasteiger partial charge is 0.496 e. The molecule has 0 aliphatic rings. The number of aromatic carboxylic acids is 1. The Kier molecular flexibility index (Phi) is 6.84. The van der Waals surface area contributed by atoms with Crippen molar-refractivity contribution in [2.24, 2.45) is 5.10 Å². The molecule has 0 saturated heterocycles. The van der Waals surface area contributed by atoms with Gasteiger partial charge in [0.15, 0.2) is 0 Å². The summed E-state index contributed by atoms with van der Waals surface area (Å²) in [5, 5.41) is 14.9. The van der Waals surface area contributed by atoms with Crippen molar-refractivity contribution in [2.45, 2.75) is 6.61 Å². The lowest BCUT2D eigenvalue weighted by Crippen LogP contribution is -2.18. The van der Waals surface area contributed by atoms with E-state index in [2.05, 4.69) is 10.5 Å². The van der Waals surface area contributed by atoms with Gasteiger partial charge in [-0.05, 0) is 70.4 Å². The number of rotatable bonds is 8. The van der Waals surface area contributed by atoms with Gasteiger partial charge in [-0.25, -0.2) is 10.2 Å². The molecule has 0 aliphatic carbocycles. The average molecular weight is 454 g/mol. The predicted molar refractivity (Wildman–Crippen MR) is 130 cm³/mol. The molecular formula is C27H22N2O5. The fourth-order valence-corrected chi connectivity index (χ4v) is 3.35. The number of hydrogen-bond donors (Lipinski definition) is 2. The van der Waals surface area contributed by atoms with Crippen LogP contribution in [0.4, 0.5) is 0 Å². The third-order valence-corrected chi connectivity index (χ3v) is 5.18. The summed E-state index contributed by atoms with van der Waals surface area (Å²) >= 11 is 0. The molecule has 0 radical (unpaired) electrons. The average Bonchev–Trinajstić information content (AvgIpc) is 2.87. The van der Waals surface area contributed by atoms with E-state index in [1.165, 1.54) is 7.11 Å². The Balaban J connectivity index is 1.35. The van der Waals surface area contributed by atoms with Crippen LogP contribution >= 0.6 is 0 Å². The maximum Gasteiger partial charge on any atom is 0.335 e. The number of benzene rings is 4. The summed E-state index contributed by atoms with van der Waals surface area (Å²) in [6.45, 7) is 0.316. The minimum Gasteiger partial charge on any atom is -0.496 e. The number of nitrogens with zero attached hydrogens (tertiary/aromatic N) is 1. The van der Waals surface area contributed by atoms with Gasteiger partial charge in [-0.3, -0.25) is 4.79 Å². The molecule has 170 valence electrons. The van der Waals surface area contributed by atoms with Gasteiger partial charge in [0.2, 0.25) is 0 Å². The summed E-state index contributed by atoms with van der Waals surface area (Å²) in [6, 6.07) is 25.1. The van der Waals surface area contributed by atoms with E-state index < -0.39 is 5.97 Å². The first-order chi connectivity index (χ1) is 16.5. The number of carbonyl (C=O) groups is 2. The summed E-state index contributed by atoms with van der Waals surface area (Å²) in [5.74, 6) is -0.195. The van der Waals surface area contributed by atoms with Crippen LogP contribution in [0.1, 0.15) is 31.8 Å². The number of hydrogen-bond acceptors (Lipinski definition) is 5. The lowest BCUT2D eigenvalue weighted by molar-refractivity contribution is 0.0696. The molecule has 1 amide bonds. The second-order valence-electron chi connectivity index (χ2n) is 7.46. The zero-order chi connectivity index (χ0) is 23.9. The lowest BCUT2D eigenvalue weighted by atomic mass is 10.1. The summed E-state index contributed by atoms with van der Waals surface area (Å²) in [5.41, 5.74) is 4.82. The fourth-order valence-electron chi connectivity index (χ4n) is 3.35. The minimum atomic E-state index is -0.961. The molecule has 0 heterocycles. The molecule has 7 nitrogen and oxygen atoms in total. The van der Waals surface area contributed by atoms with Crippen LogP contribution in [-0.2, 0) is 6.61 Å². The van der Waals surface area contributed by atoms with Crippen LogP contribution in [0.2, 0.25) is 0 Å². The number of carboxylic acid groups (broad SMARTS) is 1. The number of fused-ring (bicyclic) bond motifs is 1. The summed E-state index contributed by atoms with van der Waals surface area (Å²) in [6.07, 6.45) is 1.54. The third kappa shape index (κ3) is 5.39. The summed E-state index contributed by atoms with van der Waals surface area (Å²) in [4.78, 5) is 23.5. The Morgan fingerprint density at radius 1 is 0.941 bits per heavy atom. The molecule has 0 bridgehead atoms.